The second-order valence-corrected chi connectivity index (χ2v) is 3.52. The monoisotopic (exact) mass is 178 g/mol. The Hall–Kier alpha value is -0.850. The molecule has 0 unspecified atom stereocenters. The van der Waals surface area contributed by atoms with E-state index in [4.69, 9.17) is 0 Å². The highest BCUT2D eigenvalue weighted by Crippen LogP contribution is 2.13. The van der Waals surface area contributed by atoms with E-state index in [0.29, 0.717) is 5.78 Å². The van der Waals surface area contributed by atoms with Crippen LogP contribution in [0, 0.1) is 0 Å². The highest BCUT2D eigenvalue weighted by molar-refractivity contribution is 5.98. The first-order valence-corrected chi connectivity index (χ1v) is 5.24. The SMILES string of the molecule is CCCCCC(=O)C1=CCCC=C1. The van der Waals surface area contributed by atoms with Crippen LogP contribution < -0.4 is 0 Å². The number of carbonyl (C=O) groups is 1. The van der Waals surface area contributed by atoms with E-state index in [2.05, 4.69) is 19.1 Å². The van der Waals surface area contributed by atoms with Crippen molar-refractivity contribution in [1.82, 2.24) is 0 Å². The summed E-state index contributed by atoms with van der Waals surface area (Å²) in [6, 6.07) is 0. The quantitative estimate of drug-likeness (QED) is 0.589. The van der Waals surface area contributed by atoms with Crippen LogP contribution >= 0.6 is 0 Å². The van der Waals surface area contributed by atoms with Crippen molar-refractivity contribution in [2.75, 3.05) is 0 Å². The van der Waals surface area contributed by atoms with Gasteiger partial charge >= 0.3 is 0 Å². The maximum atomic E-state index is 11.6. The zero-order valence-corrected chi connectivity index (χ0v) is 8.38. The van der Waals surface area contributed by atoms with Gasteiger partial charge in [0, 0.05) is 12.0 Å². The van der Waals surface area contributed by atoms with E-state index in [-0.39, 0.29) is 0 Å². The van der Waals surface area contributed by atoms with E-state index in [9.17, 15) is 4.79 Å². The van der Waals surface area contributed by atoms with Crippen LogP contribution in [0.2, 0.25) is 0 Å². The number of unbranched alkanes of at least 4 members (excludes halogenated alkanes) is 2. The number of Topliss-reactive ketones (excluding diaryl/α,β-unsaturated/α-hetero) is 1. The molecular formula is C12H18O. The molecule has 1 heteroatoms. The summed E-state index contributed by atoms with van der Waals surface area (Å²) in [5, 5.41) is 0. The molecule has 0 saturated heterocycles. The number of hydrogen-bond donors (Lipinski definition) is 0. The Labute approximate surface area is 80.5 Å². The molecule has 1 aliphatic rings. The summed E-state index contributed by atoms with van der Waals surface area (Å²) in [5.41, 5.74) is 0.933. The van der Waals surface area contributed by atoms with Gasteiger partial charge < -0.3 is 0 Å². The Bertz CT molecular complexity index is 223. The first kappa shape index (κ1) is 10.2. The van der Waals surface area contributed by atoms with Crippen molar-refractivity contribution in [2.24, 2.45) is 0 Å². The molecule has 0 amide bonds. The Morgan fingerprint density at radius 1 is 1.38 bits per heavy atom. The molecule has 1 rings (SSSR count). The van der Waals surface area contributed by atoms with Crippen molar-refractivity contribution in [3.63, 3.8) is 0 Å². The van der Waals surface area contributed by atoms with Gasteiger partial charge in [0.15, 0.2) is 5.78 Å². The average Bonchev–Trinajstić information content (AvgIpc) is 2.19. The molecule has 0 heterocycles. The van der Waals surface area contributed by atoms with Gasteiger partial charge in [0.25, 0.3) is 0 Å². The third-order valence-corrected chi connectivity index (χ3v) is 2.32. The van der Waals surface area contributed by atoms with Gasteiger partial charge in [-0.25, -0.2) is 0 Å². The molecule has 1 nitrogen and oxygen atoms in total. The van der Waals surface area contributed by atoms with Crippen molar-refractivity contribution in [3.8, 4) is 0 Å². The van der Waals surface area contributed by atoms with Crippen LogP contribution in [0.5, 0.6) is 0 Å². The number of carbonyl (C=O) groups excluding carboxylic acids is 1. The van der Waals surface area contributed by atoms with Crippen LogP contribution in [-0.4, -0.2) is 5.78 Å². The molecule has 0 saturated carbocycles. The standard InChI is InChI=1S/C12H18O/c1-2-3-5-10-12(13)11-8-6-4-7-9-11/h6,8-9H,2-5,7,10H2,1H3. The van der Waals surface area contributed by atoms with Crippen LogP contribution in [-0.2, 0) is 4.79 Å². The summed E-state index contributed by atoms with van der Waals surface area (Å²) in [6.07, 6.45) is 12.4. The third-order valence-electron chi connectivity index (χ3n) is 2.32. The lowest BCUT2D eigenvalue weighted by Crippen LogP contribution is -2.02. The lowest BCUT2D eigenvalue weighted by molar-refractivity contribution is -0.115. The van der Waals surface area contributed by atoms with Gasteiger partial charge in [-0.05, 0) is 19.3 Å². The highest BCUT2D eigenvalue weighted by Gasteiger charge is 2.07. The summed E-state index contributed by atoms with van der Waals surface area (Å²) in [4.78, 5) is 11.6. The fourth-order valence-electron chi connectivity index (χ4n) is 1.50. The Morgan fingerprint density at radius 3 is 2.85 bits per heavy atom. The summed E-state index contributed by atoms with van der Waals surface area (Å²) in [6.45, 7) is 2.16. The normalized spacial score (nSPS) is 15.6. The fourth-order valence-corrected chi connectivity index (χ4v) is 1.50. The molecule has 0 aromatic heterocycles. The van der Waals surface area contributed by atoms with Gasteiger partial charge in [0.05, 0.1) is 0 Å². The zero-order chi connectivity index (χ0) is 9.52. The molecular weight excluding hydrogens is 160 g/mol. The Kier molecular flexibility index (Phi) is 4.52. The van der Waals surface area contributed by atoms with Crippen molar-refractivity contribution in [2.45, 2.75) is 45.4 Å². The smallest absolute Gasteiger partial charge is 0.162 e. The minimum Gasteiger partial charge on any atom is -0.294 e. The molecule has 0 N–H and O–H groups in total. The van der Waals surface area contributed by atoms with Crippen LogP contribution in [0.3, 0.4) is 0 Å². The van der Waals surface area contributed by atoms with Gasteiger partial charge in [-0.1, -0.05) is 38.0 Å². The highest BCUT2D eigenvalue weighted by atomic mass is 16.1. The lowest BCUT2D eigenvalue weighted by Gasteiger charge is -2.05. The van der Waals surface area contributed by atoms with Gasteiger partial charge in [-0.2, -0.15) is 0 Å². The largest absolute Gasteiger partial charge is 0.294 e. The molecule has 72 valence electrons. The maximum absolute atomic E-state index is 11.6. The van der Waals surface area contributed by atoms with Crippen molar-refractivity contribution >= 4 is 5.78 Å². The van der Waals surface area contributed by atoms with Gasteiger partial charge in [0.1, 0.15) is 0 Å². The minimum absolute atomic E-state index is 0.324. The van der Waals surface area contributed by atoms with E-state index >= 15 is 0 Å². The molecule has 0 atom stereocenters. The van der Waals surface area contributed by atoms with Crippen LogP contribution in [0.15, 0.2) is 23.8 Å². The summed E-state index contributed by atoms with van der Waals surface area (Å²) >= 11 is 0. The first-order valence-electron chi connectivity index (χ1n) is 5.24. The van der Waals surface area contributed by atoms with Crippen molar-refractivity contribution in [3.05, 3.63) is 23.8 Å². The van der Waals surface area contributed by atoms with Crippen LogP contribution in [0.4, 0.5) is 0 Å². The average molecular weight is 178 g/mol. The lowest BCUT2D eigenvalue weighted by atomic mass is 10.00. The van der Waals surface area contributed by atoms with Gasteiger partial charge in [-0.3, -0.25) is 4.79 Å². The second kappa shape index (κ2) is 5.74. The van der Waals surface area contributed by atoms with Gasteiger partial charge in [-0.15, -0.1) is 0 Å². The van der Waals surface area contributed by atoms with E-state index in [1.165, 1.54) is 12.8 Å². The van der Waals surface area contributed by atoms with E-state index in [1.807, 2.05) is 6.08 Å². The summed E-state index contributed by atoms with van der Waals surface area (Å²) in [5.74, 6) is 0.324. The van der Waals surface area contributed by atoms with Crippen molar-refractivity contribution < 1.29 is 4.79 Å². The van der Waals surface area contributed by atoms with E-state index in [0.717, 1.165) is 31.3 Å². The van der Waals surface area contributed by atoms with Gasteiger partial charge in [0.2, 0.25) is 0 Å². The number of hydrogen-bond acceptors (Lipinski definition) is 1. The zero-order valence-electron chi connectivity index (χ0n) is 8.38. The second-order valence-electron chi connectivity index (χ2n) is 3.52. The maximum Gasteiger partial charge on any atom is 0.162 e. The van der Waals surface area contributed by atoms with Crippen molar-refractivity contribution in [1.29, 1.82) is 0 Å². The molecule has 0 radical (unpaired) electrons. The number of ketones is 1. The summed E-state index contributed by atoms with van der Waals surface area (Å²) in [7, 11) is 0. The topological polar surface area (TPSA) is 17.1 Å². The molecule has 13 heavy (non-hydrogen) atoms. The molecule has 0 aromatic carbocycles. The third kappa shape index (κ3) is 3.58. The number of rotatable bonds is 5. The Balaban J connectivity index is 2.30. The van der Waals surface area contributed by atoms with Crippen LogP contribution in [0.25, 0.3) is 0 Å². The Morgan fingerprint density at radius 2 is 2.23 bits per heavy atom. The molecule has 0 aromatic rings. The summed E-state index contributed by atoms with van der Waals surface area (Å²) < 4.78 is 0. The molecule has 0 aliphatic heterocycles. The predicted octanol–water partition coefficient (Wildman–Crippen LogP) is 3.41. The molecule has 0 fully saturated rings. The number of allylic oxidation sites excluding steroid dienone is 4. The van der Waals surface area contributed by atoms with Crippen LogP contribution in [0.1, 0.15) is 45.4 Å². The van der Waals surface area contributed by atoms with E-state index in [1.54, 1.807) is 0 Å². The molecule has 1 aliphatic carbocycles. The molecule has 0 spiro atoms. The van der Waals surface area contributed by atoms with E-state index < -0.39 is 0 Å². The fraction of sp³-hybridized carbons (Fsp3) is 0.583. The minimum atomic E-state index is 0.324. The molecule has 0 bridgehead atoms. The predicted molar refractivity (Wildman–Crippen MR) is 55.6 cm³/mol. The first-order chi connectivity index (χ1) is 6.34.